The summed E-state index contributed by atoms with van der Waals surface area (Å²) in [5, 5.41) is 0.0931. The van der Waals surface area contributed by atoms with Crippen molar-refractivity contribution in [3.8, 4) is 0 Å². The fourth-order valence-electron chi connectivity index (χ4n) is 0.971. The van der Waals surface area contributed by atoms with Crippen LogP contribution in [-0.2, 0) is 19.2 Å². The minimum absolute atomic E-state index is 0.0931. The Balaban J connectivity index is 2.80. The highest BCUT2D eigenvalue weighted by molar-refractivity contribution is 6.01. The molecular weight excluding hydrogens is 243 g/mol. The lowest BCUT2D eigenvalue weighted by atomic mass is 9.93. The molecule has 0 N–H and O–H groups in total. The number of imide groups is 1. The first-order valence-electron chi connectivity index (χ1n) is 4.72. The highest BCUT2D eigenvalue weighted by atomic mass is 19.4. The number of rotatable bonds is 2. The van der Waals surface area contributed by atoms with E-state index in [4.69, 9.17) is 0 Å². The number of hydroxylamine groups is 2. The molecule has 1 aliphatic heterocycles. The zero-order valence-electron chi connectivity index (χ0n) is 9.13. The first kappa shape index (κ1) is 13.5. The van der Waals surface area contributed by atoms with E-state index in [0.29, 0.717) is 13.8 Å². The molecule has 17 heavy (non-hydrogen) atoms. The predicted octanol–water partition coefficient (Wildman–Crippen LogP) is 1.18. The predicted molar refractivity (Wildman–Crippen MR) is 47.0 cm³/mol. The molecule has 0 aliphatic carbocycles. The van der Waals surface area contributed by atoms with Crippen LogP contribution in [0.1, 0.15) is 26.7 Å². The fraction of sp³-hybridized carbons (Fsp3) is 0.667. The van der Waals surface area contributed by atoms with Crippen molar-refractivity contribution in [1.82, 2.24) is 5.06 Å². The van der Waals surface area contributed by atoms with Crippen molar-refractivity contribution in [2.24, 2.45) is 5.41 Å². The minimum atomic E-state index is -4.82. The van der Waals surface area contributed by atoms with E-state index in [1.165, 1.54) is 0 Å². The summed E-state index contributed by atoms with van der Waals surface area (Å²) in [6.07, 6.45) is -5.16. The molecule has 1 heterocycles. The van der Waals surface area contributed by atoms with Crippen LogP contribution in [0.25, 0.3) is 0 Å². The molecule has 1 saturated heterocycles. The van der Waals surface area contributed by atoms with Gasteiger partial charge in [-0.05, 0) is 13.8 Å². The van der Waals surface area contributed by atoms with Gasteiger partial charge in [-0.1, -0.05) is 0 Å². The van der Waals surface area contributed by atoms with E-state index in [2.05, 4.69) is 4.84 Å². The van der Waals surface area contributed by atoms with Gasteiger partial charge < -0.3 is 4.84 Å². The van der Waals surface area contributed by atoms with E-state index in [1.807, 2.05) is 0 Å². The Kier molecular flexibility index (Phi) is 3.17. The van der Waals surface area contributed by atoms with Gasteiger partial charge in [-0.25, -0.2) is 4.79 Å². The largest absolute Gasteiger partial charge is 0.404 e. The summed E-state index contributed by atoms with van der Waals surface area (Å²) in [5.41, 5.74) is -2.78. The van der Waals surface area contributed by atoms with Crippen molar-refractivity contribution in [3.63, 3.8) is 0 Å². The van der Waals surface area contributed by atoms with Crippen molar-refractivity contribution < 1.29 is 32.4 Å². The molecule has 1 rings (SSSR count). The van der Waals surface area contributed by atoms with Crippen LogP contribution in [0.3, 0.4) is 0 Å². The Labute approximate surface area is 94.5 Å². The number of carbonyl (C=O) groups is 3. The molecule has 0 aromatic carbocycles. The van der Waals surface area contributed by atoms with E-state index in [-0.39, 0.29) is 17.9 Å². The maximum atomic E-state index is 12.5. The molecule has 0 radical (unpaired) electrons. The van der Waals surface area contributed by atoms with E-state index in [0.717, 1.165) is 0 Å². The SMILES string of the molecule is CC(C)(C(=O)ON1C(=O)CCC1=O)C(F)(F)F. The summed E-state index contributed by atoms with van der Waals surface area (Å²) in [6.45, 7) is 1.22. The van der Waals surface area contributed by atoms with Crippen LogP contribution in [-0.4, -0.2) is 29.0 Å². The molecule has 0 atom stereocenters. The Bertz CT molecular complexity index is 359. The van der Waals surface area contributed by atoms with Crippen molar-refractivity contribution in [1.29, 1.82) is 0 Å². The Morgan fingerprint density at radius 1 is 1.18 bits per heavy atom. The minimum Gasteiger partial charge on any atom is -0.329 e. The lowest BCUT2D eigenvalue weighted by Gasteiger charge is -2.26. The lowest BCUT2D eigenvalue weighted by molar-refractivity contribution is -0.244. The molecule has 1 fully saturated rings. The molecule has 0 bridgehead atoms. The summed E-state index contributed by atoms with van der Waals surface area (Å²) in [5.74, 6) is -3.32. The van der Waals surface area contributed by atoms with Crippen LogP contribution in [0.5, 0.6) is 0 Å². The summed E-state index contributed by atoms with van der Waals surface area (Å²) >= 11 is 0. The first-order chi connectivity index (χ1) is 7.57. The standard InChI is InChI=1S/C9H10F3NO4/c1-8(2,9(10,11)12)7(16)17-13-5(14)3-4-6(13)15/h3-4H2,1-2H3. The van der Waals surface area contributed by atoms with E-state index < -0.39 is 29.4 Å². The number of amides is 2. The van der Waals surface area contributed by atoms with Crippen molar-refractivity contribution in [3.05, 3.63) is 0 Å². The number of halogens is 3. The van der Waals surface area contributed by atoms with Crippen molar-refractivity contribution in [2.75, 3.05) is 0 Å². The van der Waals surface area contributed by atoms with Crippen LogP contribution >= 0.6 is 0 Å². The monoisotopic (exact) mass is 253 g/mol. The maximum Gasteiger partial charge on any atom is 0.404 e. The van der Waals surface area contributed by atoms with Gasteiger partial charge in [0.25, 0.3) is 11.8 Å². The highest BCUT2D eigenvalue weighted by Gasteiger charge is 2.55. The Morgan fingerprint density at radius 2 is 1.59 bits per heavy atom. The van der Waals surface area contributed by atoms with Crippen LogP contribution in [0.15, 0.2) is 0 Å². The molecule has 1 aliphatic rings. The van der Waals surface area contributed by atoms with Gasteiger partial charge in [0.05, 0.1) is 0 Å². The van der Waals surface area contributed by atoms with Gasteiger partial charge in [0, 0.05) is 12.8 Å². The van der Waals surface area contributed by atoms with E-state index in [1.54, 1.807) is 0 Å². The Morgan fingerprint density at radius 3 is 1.94 bits per heavy atom. The normalized spacial score (nSPS) is 17.6. The zero-order chi connectivity index (χ0) is 13.4. The topological polar surface area (TPSA) is 63.7 Å². The van der Waals surface area contributed by atoms with Gasteiger partial charge in [0.2, 0.25) is 0 Å². The first-order valence-corrected chi connectivity index (χ1v) is 4.72. The van der Waals surface area contributed by atoms with E-state index >= 15 is 0 Å². The molecule has 0 spiro atoms. The number of hydrogen-bond donors (Lipinski definition) is 0. The van der Waals surface area contributed by atoms with Gasteiger partial charge in [-0.2, -0.15) is 13.2 Å². The van der Waals surface area contributed by atoms with Crippen molar-refractivity contribution >= 4 is 17.8 Å². The molecule has 0 saturated carbocycles. The zero-order valence-corrected chi connectivity index (χ0v) is 9.13. The second-order valence-electron chi connectivity index (χ2n) is 4.08. The molecule has 96 valence electrons. The summed E-state index contributed by atoms with van der Waals surface area (Å²) in [4.78, 5) is 37.6. The molecule has 0 unspecified atom stereocenters. The summed E-state index contributed by atoms with van der Waals surface area (Å²) < 4.78 is 37.4. The lowest BCUT2D eigenvalue weighted by Crippen LogP contribution is -2.45. The molecule has 5 nitrogen and oxygen atoms in total. The third kappa shape index (κ3) is 2.40. The average Bonchev–Trinajstić information content (AvgIpc) is 2.47. The van der Waals surface area contributed by atoms with Crippen LogP contribution in [0.4, 0.5) is 13.2 Å². The fourth-order valence-corrected chi connectivity index (χ4v) is 0.971. The molecular formula is C9H10F3NO4. The third-order valence-corrected chi connectivity index (χ3v) is 2.40. The van der Waals surface area contributed by atoms with Gasteiger partial charge in [-0.15, -0.1) is 5.06 Å². The summed E-state index contributed by atoms with van der Waals surface area (Å²) in [6, 6.07) is 0. The number of hydrogen-bond acceptors (Lipinski definition) is 4. The number of nitrogens with zero attached hydrogens (tertiary/aromatic N) is 1. The molecule has 8 heteroatoms. The molecule has 2 amide bonds. The number of alkyl halides is 3. The van der Waals surface area contributed by atoms with Gasteiger partial charge >= 0.3 is 12.1 Å². The summed E-state index contributed by atoms with van der Waals surface area (Å²) in [7, 11) is 0. The van der Waals surface area contributed by atoms with Crippen molar-refractivity contribution in [2.45, 2.75) is 32.9 Å². The third-order valence-electron chi connectivity index (χ3n) is 2.40. The van der Waals surface area contributed by atoms with Gasteiger partial charge in [0.1, 0.15) is 0 Å². The average molecular weight is 253 g/mol. The smallest absolute Gasteiger partial charge is 0.329 e. The number of carbonyl (C=O) groups excluding carboxylic acids is 3. The quantitative estimate of drug-likeness (QED) is 0.693. The maximum absolute atomic E-state index is 12.5. The van der Waals surface area contributed by atoms with Gasteiger partial charge in [0.15, 0.2) is 5.41 Å². The second kappa shape index (κ2) is 4.01. The second-order valence-corrected chi connectivity index (χ2v) is 4.08. The molecule has 0 aromatic rings. The highest BCUT2D eigenvalue weighted by Crippen LogP contribution is 2.38. The van der Waals surface area contributed by atoms with Crippen LogP contribution in [0, 0.1) is 5.41 Å². The Hall–Kier alpha value is -1.60. The van der Waals surface area contributed by atoms with Crippen LogP contribution in [0.2, 0.25) is 0 Å². The van der Waals surface area contributed by atoms with Crippen LogP contribution < -0.4 is 0 Å². The molecule has 0 aromatic heterocycles. The van der Waals surface area contributed by atoms with Gasteiger partial charge in [-0.3, -0.25) is 9.59 Å². The van der Waals surface area contributed by atoms with E-state index in [9.17, 15) is 27.6 Å².